The number of hydrogen-bond donors (Lipinski definition) is 0. The van der Waals surface area contributed by atoms with Crippen molar-refractivity contribution < 1.29 is 14.3 Å². The number of amides is 1. The van der Waals surface area contributed by atoms with Crippen molar-refractivity contribution >= 4 is 18.3 Å². The molecular formula is C11H15N3O3. The average molecular weight is 237 g/mol. The van der Waals surface area contributed by atoms with Crippen molar-refractivity contribution in [1.29, 1.82) is 0 Å². The molecule has 0 aliphatic carbocycles. The molecule has 0 N–H and O–H groups in total. The molecule has 0 fully saturated rings. The maximum absolute atomic E-state index is 11.3. The van der Waals surface area contributed by atoms with Gasteiger partial charge in [0.2, 0.25) is 12.4 Å². The van der Waals surface area contributed by atoms with Crippen LogP contribution < -0.4 is 4.90 Å². The van der Waals surface area contributed by atoms with Crippen LogP contribution in [0.25, 0.3) is 0 Å². The minimum atomic E-state index is -0.484. The lowest BCUT2D eigenvalue weighted by atomic mass is 10.3. The van der Waals surface area contributed by atoms with Crippen LogP contribution in [0.1, 0.15) is 18.3 Å². The maximum atomic E-state index is 11.3. The minimum Gasteiger partial charge on any atom is -0.465 e. The SMILES string of the molecule is CCOC(=O)CN(C=O)c1nc(C)cc(C)n1. The molecule has 92 valence electrons. The van der Waals surface area contributed by atoms with Gasteiger partial charge in [-0.25, -0.2) is 9.97 Å². The summed E-state index contributed by atoms with van der Waals surface area (Å²) in [4.78, 5) is 31.5. The number of esters is 1. The molecule has 1 aromatic rings. The zero-order valence-electron chi connectivity index (χ0n) is 10.1. The summed E-state index contributed by atoms with van der Waals surface area (Å²) < 4.78 is 4.76. The number of aromatic nitrogens is 2. The number of aryl methyl sites for hydroxylation is 2. The van der Waals surface area contributed by atoms with Crippen LogP contribution in [-0.2, 0) is 14.3 Å². The second kappa shape index (κ2) is 5.93. The summed E-state index contributed by atoms with van der Waals surface area (Å²) >= 11 is 0. The van der Waals surface area contributed by atoms with E-state index in [0.29, 0.717) is 6.41 Å². The zero-order valence-corrected chi connectivity index (χ0v) is 10.1. The van der Waals surface area contributed by atoms with Crippen molar-refractivity contribution in [3.05, 3.63) is 17.5 Å². The summed E-state index contributed by atoms with van der Waals surface area (Å²) in [7, 11) is 0. The summed E-state index contributed by atoms with van der Waals surface area (Å²) in [6.45, 7) is 5.40. The van der Waals surface area contributed by atoms with E-state index in [9.17, 15) is 9.59 Å². The van der Waals surface area contributed by atoms with Crippen molar-refractivity contribution in [3.8, 4) is 0 Å². The molecule has 0 radical (unpaired) electrons. The quantitative estimate of drug-likeness (QED) is 0.554. The van der Waals surface area contributed by atoms with Crippen LogP contribution in [0.2, 0.25) is 0 Å². The molecule has 0 atom stereocenters. The van der Waals surface area contributed by atoms with Gasteiger partial charge >= 0.3 is 5.97 Å². The van der Waals surface area contributed by atoms with Crippen molar-refractivity contribution in [2.45, 2.75) is 20.8 Å². The lowest BCUT2D eigenvalue weighted by molar-refractivity contribution is -0.141. The molecule has 6 heteroatoms. The van der Waals surface area contributed by atoms with Gasteiger partial charge in [0.15, 0.2) is 0 Å². The second-order valence-electron chi connectivity index (χ2n) is 3.49. The Morgan fingerprint density at radius 2 is 2.00 bits per heavy atom. The Labute approximate surface area is 99.6 Å². The second-order valence-corrected chi connectivity index (χ2v) is 3.49. The molecule has 1 amide bonds. The first-order valence-electron chi connectivity index (χ1n) is 5.26. The van der Waals surface area contributed by atoms with Crippen LogP contribution in [0.15, 0.2) is 6.07 Å². The van der Waals surface area contributed by atoms with Crippen LogP contribution in [0.5, 0.6) is 0 Å². The average Bonchev–Trinajstić information content (AvgIpc) is 2.24. The molecule has 0 saturated heterocycles. The molecule has 0 aliphatic rings. The third-order valence-electron chi connectivity index (χ3n) is 1.96. The van der Waals surface area contributed by atoms with Crippen LogP contribution in [-0.4, -0.2) is 35.5 Å². The normalized spacial score (nSPS) is 9.82. The van der Waals surface area contributed by atoms with Crippen LogP contribution >= 0.6 is 0 Å². The highest BCUT2D eigenvalue weighted by molar-refractivity contribution is 5.83. The molecule has 1 heterocycles. The van der Waals surface area contributed by atoms with Gasteiger partial charge in [0.05, 0.1) is 6.61 Å². The number of nitrogens with zero attached hydrogens (tertiary/aromatic N) is 3. The topological polar surface area (TPSA) is 72.4 Å². The Morgan fingerprint density at radius 1 is 1.41 bits per heavy atom. The summed E-state index contributed by atoms with van der Waals surface area (Å²) in [6, 6.07) is 1.79. The number of rotatable bonds is 5. The first-order chi connectivity index (χ1) is 8.06. The fourth-order valence-electron chi connectivity index (χ4n) is 1.34. The fourth-order valence-corrected chi connectivity index (χ4v) is 1.34. The molecular weight excluding hydrogens is 222 g/mol. The van der Waals surface area contributed by atoms with E-state index in [0.717, 1.165) is 16.3 Å². The highest BCUT2D eigenvalue weighted by Crippen LogP contribution is 2.08. The first kappa shape index (κ1) is 13.1. The van der Waals surface area contributed by atoms with Gasteiger partial charge in [-0.2, -0.15) is 0 Å². The van der Waals surface area contributed by atoms with E-state index >= 15 is 0 Å². The van der Waals surface area contributed by atoms with E-state index in [-0.39, 0.29) is 19.1 Å². The predicted octanol–water partition coefficient (Wildman–Crippen LogP) is 0.619. The van der Waals surface area contributed by atoms with Gasteiger partial charge in [0, 0.05) is 11.4 Å². The third kappa shape index (κ3) is 3.82. The fraction of sp³-hybridized carbons (Fsp3) is 0.455. The summed E-state index contributed by atoms with van der Waals surface area (Å²) in [5.74, 6) is -0.270. The Hall–Kier alpha value is -1.98. The molecule has 17 heavy (non-hydrogen) atoms. The van der Waals surface area contributed by atoms with E-state index in [2.05, 4.69) is 9.97 Å². The number of ether oxygens (including phenoxy) is 1. The van der Waals surface area contributed by atoms with Crippen LogP contribution in [0, 0.1) is 13.8 Å². The Kier molecular flexibility index (Phi) is 4.56. The van der Waals surface area contributed by atoms with Gasteiger partial charge in [-0.3, -0.25) is 14.5 Å². The summed E-state index contributed by atoms with van der Waals surface area (Å²) in [5, 5.41) is 0. The highest BCUT2D eigenvalue weighted by Gasteiger charge is 2.14. The van der Waals surface area contributed by atoms with Gasteiger partial charge in [0.25, 0.3) is 0 Å². The van der Waals surface area contributed by atoms with Gasteiger partial charge in [-0.15, -0.1) is 0 Å². The molecule has 1 rings (SSSR count). The third-order valence-corrected chi connectivity index (χ3v) is 1.96. The van der Waals surface area contributed by atoms with Crippen molar-refractivity contribution in [1.82, 2.24) is 9.97 Å². The number of carbonyl (C=O) groups excluding carboxylic acids is 2. The monoisotopic (exact) mass is 237 g/mol. The van der Waals surface area contributed by atoms with Gasteiger partial charge in [0.1, 0.15) is 6.54 Å². The number of carbonyl (C=O) groups is 2. The Balaban J connectivity index is 2.86. The summed E-state index contributed by atoms with van der Waals surface area (Å²) in [5.41, 5.74) is 1.48. The zero-order chi connectivity index (χ0) is 12.8. The smallest absolute Gasteiger partial charge is 0.326 e. The van der Waals surface area contributed by atoms with E-state index in [1.807, 2.05) is 0 Å². The molecule has 0 spiro atoms. The van der Waals surface area contributed by atoms with Crippen molar-refractivity contribution in [2.24, 2.45) is 0 Å². The first-order valence-corrected chi connectivity index (χ1v) is 5.26. The standard InChI is InChI=1S/C11H15N3O3/c1-4-17-10(16)6-14(7-15)11-12-8(2)5-9(3)13-11/h5,7H,4,6H2,1-3H3. The number of anilines is 1. The predicted molar refractivity (Wildman–Crippen MR) is 61.5 cm³/mol. The molecule has 0 aliphatic heterocycles. The van der Waals surface area contributed by atoms with E-state index in [1.54, 1.807) is 26.8 Å². The largest absolute Gasteiger partial charge is 0.465 e. The molecule has 1 aromatic heterocycles. The minimum absolute atomic E-state index is 0.180. The molecule has 0 aromatic carbocycles. The van der Waals surface area contributed by atoms with E-state index < -0.39 is 5.97 Å². The highest BCUT2D eigenvalue weighted by atomic mass is 16.5. The Morgan fingerprint density at radius 3 is 2.47 bits per heavy atom. The van der Waals surface area contributed by atoms with E-state index in [1.165, 1.54) is 0 Å². The van der Waals surface area contributed by atoms with Crippen LogP contribution in [0.4, 0.5) is 5.95 Å². The van der Waals surface area contributed by atoms with Crippen LogP contribution in [0.3, 0.4) is 0 Å². The van der Waals surface area contributed by atoms with Crippen molar-refractivity contribution in [2.75, 3.05) is 18.1 Å². The Bertz CT molecular complexity index is 400. The molecule has 6 nitrogen and oxygen atoms in total. The molecule has 0 bridgehead atoms. The molecule has 0 saturated carbocycles. The maximum Gasteiger partial charge on any atom is 0.326 e. The summed E-state index contributed by atoms with van der Waals surface area (Å²) in [6.07, 6.45) is 0.519. The van der Waals surface area contributed by atoms with Crippen molar-refractivity contribution in [3.63, 3.8) is 0 Å². The van der Waals surface area contributed by atoms with Gasteiger partial charge in [-0.1, -0.05) is 0 Å². The molecule has 0 unspecified atom stereocenters. The van der Waals surface area contributed by atoms with E-state index in [4.69, 9.17) is 4.74 Å². The lowest BCUT2D eigenvalue weighted by Gasteiger charge is -2.14. The van der Waals surface area contributed by atoms with Gasteiger partial charge < -0.3 is 4.74 Å². The number of hydrogen-bond acceptors (Lipinski definition) is 5. The lowest BCUT2D eigenvalue weighted by Crippen LogP contribution is -2.31. The van der Waals surface area contributed by atoms with Gasteiger partial charge in [-0.05, 0) is 26.8 Å².